The normalized spacial score (nSPS) is 12.2. The van der Waals surface area contributed by atoms with E-state index in [-0.39, 0.29) is 5.91 Å². The number of likely N-dealkylation sites (N-methyl/N-ethyl adjacent to an activating group) is 1. The summed E-state index contributed by atoms with van der Waals surface area (Å²) in [6.07, 6.45) is 1.09. The second-order valence-electron chi connectivity index (χ2n) is 6.70. The summed E-state index contributed by atoms with van der Waals surface area (Å²) < 4.78 is 36.6. The molecule has 29 heavy (non-hydrogen) atoms. The quantitative estimate of drug-likeness (QED) is 0.623. The van der Waals surface area contributed by atoms with Gasteiger partial charge in [0.1, 0.15) is 17.5 Å². The molecule has 0 saturated heterocycles. The van der Waals surface area contributed by atoms with Crippen LogP contribution in [0.4, 0.5) is 5.69 Å². The first-order chi connectivity index (χ1) is 13.7. The monoisotopic (exact) mass is 420 g/mol. The first-order valence-electron chi connectivity index (χ1n) is 9.27. The van der Waals surface area contributed by atoms with Crippen molar-refractivity contribution in [3.05, 3.63) is 54.1 Å². The summed E-state index contributed by atoms with van der Waals surface area (Å²) in [7, 11) is -0.429. The summed E-state index contributed by atoms with van der Waals surface area (Å²) in [6.45, 7) is 4.33. The van der Waals surface area contributed by atoms with E-state index < -0.39 is 16.1 Å². The Morgan fingerprint density at radius 2 is 1.59 bits per heavy atom. The van der Waals surface area contributed by atoms with Crippen LogP contribution in [0.1, 0.15) is 19.4 Å². The number of methoxy groups -OCH3 is 1. The third-order valence-corrected chi connectivity index (χ3v) is 5.67. The number of sulfonamides is 1. The number of hydrogen-bond donors (Lipinski definition) is 0. The number of ether oxygens (including phenoxy) is 2. The van der Waals surface area contributed by atoms with Crippen LogP contribution in [-0.2, 0) is 21.4 Å². The summed E-state index contributed by atoms with van der Waals surface area (Å²) in [5.74, 6) is 1.07. The minimum Gasteiger partial charge on any atom is -0.497 e. The molecule has 0 saturated carbocycles. The second kappa shape index (κ2) is 9.65. The average molecular weight is 421 g/mol. The molecule has 0 aliphatic rings. The Labute approximate surface area is 172 Å². The Morgan fingerprint density at radius 3 is 2.07 bits per heavy atom. The summed E-state index contributed by atoms with van der Waals surface area (Å²) in [6, 6.07) is 13.1. The lowest BCUT2D eigenvalue weighted by atomic mass is 10.2. The second-order valence-corrected chi connectivity index (χ2v) is 8.56. The first-order valence-corrected chi connectivity index (χ1v) is 11.1. The SMILES string of the molecule is CCOc1ccc(N([C@@H](C)C(=O)N(C)Cc2ccc(OC)cc2)S(C)(=O)=O)cc1. The molecule has 0 unspecified atom stereocenters. The zero-order valence-electron chi connectivity index (χ0n) is 17.5. The molecule has 2 aromatic rings. The Morgan fingerprint density at radius 1 is 1.03 bits per heavy atom. The van der Waals surface area contributed by atoms with Gasteiger partial charge in [-0.3, -0.25) is 9.10 Å². The lowest BCUT2D eigenvalue weighted by Crippen LogP contribution is -2.48. The number of carbonyl (C=O) groups is 1. The molecule has 0 heterocycles. The maximum atomic E-state index is 13.0. The van der Waals surface area contributed by atoms with E-state index in [4.69, 9.17) is 9.47 Å². The molecule has 0 radical (unpaired) electrons. The predicted molar refractivity (Wildman–Crippen MR) is 114 cm³/mol. The lowest BCUT2D eigenvalue weighted by molar-refractivity contribution is -0.131. The van der Waals surface area contributed by atoms with Gasteiger partial charge in [-0.15, -0.1) is 0 Å². The molecule has 0 spiro atoms. The molecule has 2 aromatic carbocycles. The maximum absolute atomic E-state index is 13.0. The molecule has 0 aliphatic heterocycles. The first kappa shape index (κ1) is 22.5. The van der Waals surface area contributed by atoms with E-state index in [1.54, 1.807) is 45.3 Å². The van der Waals surface area contributed by atoms with Crippen LogP contribution >= 0.6 is 0 Å². The third kappa shape index (κ3) is 5.87. The van der Waals surface area contributed by atoms with E-state index in [1.807, 2.05) is 31.2 Å². The van der Waals surface area contributed by atoms with Gasteiger partial charge in [0.15, 0.2) is 0 Å². The van der Waals surface area contributed by atoms with Crippen LogP contribution < -0.4 is 13.8 Å². The highest BCUT2D eigenvalue weighted by molar-refractivity contribution is 7.92. The van der Waals surface area contributed by atoms with Gasteiger partial charge < -0.3 is 14.4 Å². The van der Waals surface area contributed by atoms with Gasteiger partial charge in [-0.1, -0.05) is 12.1 Å². The van der Waals surface area contributed by atoms with E-state index in [0.29, 0.717) is 24.6 Å². The van der Waals surface area contributed by atoms with Gasteiger partial charge in [-0.05, 0) is 55.8 Å². The van der Waals surface area contributed by atoms with Crippen LogP contribution in [0.5, 0.6) is 11.5 Å². The largest absolute Gasteiger partial charge is 0.497 e. The smallest absolute Gasteiger partial charge is 0.246 e. The summed E-state index contributed by atoms with van der Waals surface area (Å²) in [5.41, 5.74) is 1.33. The topological polar surface area (TPSA) is 76.2 Å². The van der Waals surface area contributed by atoms with Crippen molar-refractivity contribution in [1.82, 2.24) is 4.90 Å². The van der Waals surface area contributed by atoms with Crippen molar-refractivity contribution in [3.8, 4) is 11.5 Å². The van der Waals surface area contributed by atoms with Gasteiger partial charge in [0.25, 0.3) is 0 Å². The van der Waals surface area contributed by atoms with Gasteiger partial charge >= 0.3 is 0 Å². The van der Waals surface area contributed by atoms with Gasteiger partial charge in [-0.2, -0.15) is 0 Å². The molecular formula is C21H28N2O5S. The van der Waals surface area contributed by atoms with Crippen LogP contribution in [0.15, 0.2) is 48.5 Å². The number of amides is 1. The standard InChI is InChI=1S/C21H28N2O5S/c1-6-28-20-13-9-18(10-14-20)23(29(5,25)26)16(2)21(24)22(3)15-17-7-11-19(27-4)12-8-17/h7-14,16H,6,15H2,1-5H3/t16-/m0/s1. The zero-order chi connectivity index (χ0) is 21.6. The Balaban J connectivity index is 2.20. The Hall–Kier alpha value is -2.74. The van der Waals surface area contributed by atoms with Crippen molar-refractivity contribution in [2.45, 2.75) is 26.4 Å². The zero-order valence-corrected chi connectivity index (χ0v) is 18.3. The summed E-state index contributed by atoms with van der Waals surface area (Å²) in [4.78, 5) is 14.5. The number of nitrogens with zero attached hydrogens (tertiary/aromatic N) is 2. The van der Waals surface area contributed by atoms with Gasteiger partial charge in [0.2, 0.25) is 15.9 Å². The van der Waals surface area contributed by atoms with E-state index in [0.717, 1.165) is 21.9 Å². The summed E-state index contributed by atoms with van der Waals surface area (Å²) in [5, 5.41) is 0. The molecular weight excluding hydrogens is 392 g/mol. The summed E-state index contributed by atoms with van der Waals surface area (Å²) >= 11 is 0. The number of benzene rings is 2. The van der Waals surface area contributed by atoms with Crippen LogP contribution in [-0.4, -0.2) is 52.3 Å². The average Bonchev–Trinajstić information content (AvgIpc) is 2.68. The van der Waals surface area contributed by atoms with Gasteiger partial charge in [-0.25, -0.2) is 8.42 Å². The maximum Gasteiger partial charge on any atom is 0.246 e. The Kier molecular flexibility index (Phi) is 7.50. The highest BCUT2D eigenvalue weighted by atomic mass is 32.2. The molecule has 0 fully saturated rings. The highest BCUT2D eigenvalue weighted by Crippen LogP contribution is 2.25. The minimum absolute atomic E-state index is 0.305. The molecule has 7 nitrogen and oxygen atoms in total. The van der Waals surface area contributed by atoms with E-state index in [2.05, 4.69) is 0 Å². The van der Waals surface area contributed by atoms with Crippen LogP contribution in [0.25, 0.3) is 0 Å². The number of carbonyl (C=O) groups excluding carboxylic acids is 1. The minimum atomic E-state index is -3.67. The molecule has 0 bridgehead atoms. The van der Waals surface area contributed by atoms with Crippen LogP contribution in [0.2, 0.25) is 0 Å². The molecule has 1 atom stereocenters. The Bertz CT molecular complexity index is 911. The fraction of sp³-hybridized carbons (Fsp3) is 0.381. The lowest BCUT2D eigenvalue weighted by Gasteiger charge is -2.31. The number of hydrogen-bond acceptors (Lipinski definition) is 5. The number of rotatable bonds is 9. The van der Waals surface area contributed by atoms with Crippen molar-refractivity contribution < 1.29 is 22.7 Å². The van der Waals surface area contributed by atoms with Crippen molar-refractivity contribution in [3.63, 3.8) is 0 Å². The fourth-order valence-corrected chi connectivity index (χ4v) is 4.23. The van der Waals surface area contributed by atoms with E-state index >= 15 is 0 Å². The van der Waals surface area contributed by atoms with Crippen molar-refractivity contribution in [1.29, 1.82) is 0 Å². The highest BCUT2D eigenvalue weighted by Gasteiger charge is 2.31. The molecule has 0 N–H and O–H groups in total. The third-order valence-electron chi connectivity index (χ3n) is 4.42. The number of anilines is 1. The van der Waals surface area contributed by atoms with Crippen molar-refractivity contribution in [2.24, 2.45) is 0 Å². The molecule has 0 aliphatic carbocycles. The van der Waals surface area contributed by atoms with Crippen molar-refractivity contribution in [2.75, 3.05) is 31.3 Å². The fourth-order valence-electron chi connectivity index (χ4n) is 3.06. The van der Waals surface area contributed by atoms with Crippen LogP contribution in [0.3, 0.4) is 0 Å². The van der Waals surface area contributed by atoms with Gasteiger partial charge in [0, 0.05) is 13.6 Å². The molecule has 1 amide bonds. The molecule has 8 heteroatoms. The predicted octanol–water partition coefficient (Wildman–Crippen LogP) is 2.91. The molecule has 0 aromatic heterocycles. The molecule has 2 rings (SSSR count). The van der Waals surface area contributed by atoms with Crippen LogP contribution in [0, 0.1) is 0 Å². The van der Waals surface area contributed by atoms with E-state index in [1.165, 1.54) is 4.90 Å². The molecule has 158 valence electrons. The van der Waals surface area contributed by atoms with E-state index in [9.17, 15) is 13.2 Å². The van der Waals surface area contributed by atoms with Gasteiger partial charge in [0.05, 0.1) is 25.7 Å². The van der Waals surface area contributed by atoms with Crippen molar-refractivity contribution >= 4 is 21.6 Å².